The van der Waals surface area contributed by atoms with Gasteiger partial charge in [0.2, 0.25) is 5.91 Å². The van der Waals surface area contributed by atoms with Crippen molar-refractivity contribution in [3.63, 3.8) is 0 Å². The number of aliphatic hydroxyl groups is 1. The first kappa shape index (κ1) is 40.6. The van der Waals surface area contributed by atoms with Crippen LogP contribution in [0.4, 0.5) is 0 Å². The molecule has 0 radical (unpaired) electrons. The zero-order valence-corrected chi connectivity index (χ0v) is 32.9. The van der Waals surface area contributed by atoms with Crippen LogP contribution in [0.3, 0.4) is 0 Å². The van der Waals surface area contributed by atoms with Gasteiger partial charge in [0.25, 0.3) is 0 Å². The van der Waals surface area contributed by atoms with E-state index in [0.717, 1.165) is 45.1 Å². The van der Waals surface area contributed by atoms with E-state index in [9.17, 15) is 14.7 Å². The van der Waals surface area contributed by atoms with Gasteiger partial charge in [-0.05, 0) is 119 Å². The van der Waals surface area contributed by atoms with Crippen LogP contribution in [0.5, 0.6) is 0 Å². The smallest absolute Gasteiger partial charge is 0.307 e. The van der Waals surface area contributed by atoms with Crippen LogP contribution in [0.15, 0.2) is 0 Å². The summed E-state index contributed by atoms with van der Waals surface area (Å²) in [5.74, 6) is 3.27. The number of carbonyl (C=O) groups is 2. The van der Waals surface area contributed by atoms with E-state index >= 15 is 0 Å². The molecule has 0 aromatic heterocycles. The number of amides is 1. The number of aliphatic hydroxyl groups excluding tert-OH is 1. The molecule has 49 heavy (non-hydrogen) atoms. The lowest BCUT2D eigenvalue weighted by molar-refractivity contribution is -0.195. The minimum Gasteiger partial charge on any atom is -0.462 e. The number of fused-ring (bicyclic) bond motifs is 5. The van der Waals surface area contributed by atoms with Crippen LogP contribution in [0, 0.1) is 46.3 Å². The maximum Gasteiger partial charge on any atom is 0.307 e. The molecule has 6 nitrogen and oxygen atoms in total. The van der Waals surface area contributed by atoms with Gasteiger partial charge in [-0.25, -0.2) is 0 Å². The summed E-state index contributed by atoms with van der Waals surface area (Å²) in [6.45, 7) is 11.3. The molecule has 2 N–H and O–H groups in total. The van der Waals surface area contributed by atoms with E-state index in [1.54, 1.807) is 0 Å². The highest BCUT2D eigenvalue weighted by molar-refractivity contribution is 5.75. The highest BCUT2D eigenvalue weighted by atomic mass is 16.5. The zero-order valence-electron chi connectivity index (χ0n) is 32.9. The molecular formula is C43H78N2O4. The van der Waals surface area contributed by atoms with Crippen LogP contribution < -0.4 is 5.32 Å². The average molecular weight is 687 g/mol. The highest BCUT2D eigenvalue weighted by Gasteiger charge is 2.63. The Morgan fingerprint density at radius 1 is 0.816 bits per heavy atom. The van der Waals surface area contributed by atoms with Gasteiger partial charge in [0.1, 0.15) is 6.10 Å². The van der Waals surface area contributed by atoms with Gasteiger partial charge in [-0.2, -0.15) is 0 Å². The molecule has 0 unspecified atom stereocenters. The van der Waals surface area contributed by atoms with E-state index in [4.69, 9.17) is 4.74 Å². The lowest BCUT2D eigenvalue weighted by Gasteiger charge is -2.62. The first-order valence-electron chi connectivity index (χ1n) is 21.3. The molecule has 0 aromatic rings. The van der Waals surface area contributed by atoms with E-state index in [2.05, 4.69) is 37.9 Å². The molecule has 0 bridgehead atoms. The SMILES string of the molecule is CCCCCCCCCCCCCCNC(=O)CC[C@@H](C)[C@H]1CC[C@H]2[C@@H]3[C@@H](OC(=O)CCN(C)C)C[C@@H]4C[C@H](O)CC[C@]4(C)[C@H]3CC[C@]12C. The Labute approximate surface area is 302 Å². The minimum absolute atomic E-state index is 0.0344. The van der Waals surface area contributed by atoms with Crippen molar-refractivity contribution in [3.05, 3.63) is 0 Å². The van der Waals surface area contributed by atoms with Gasteiger partial charge < -0.3 is 20.1 Å². The number of esters is 1. The number of carbonyl (C=O) groups excluding carboxylic acids is 2. The third-order valence-corrected chi connectivity index (χ3v) is 14.6. The van der Waals surface area contributed by atoms with Gasteiger partial charge in [-0.15, -0.1) is 0 Å². The number of hydrogen-bond donors (Lipinski definition) is 2. The van der Waals surface area contributed by atoms with E-state index in [0.29, 0.717) is 54.9 Å². The van der Waals surface area contributed by atoms with Gasteiger partial charge in [0.05, 0.1) is 12.5 Å². The van der Waals surface area contributed by atoms with Crippen molar-refractivity contribution < 1.29 is 19.4 Å². The maximum absolute atomic E-state index is 13.2. The zero-order chi connectivity index (χ0) is 35.4. The lowest BCUT2D eigenvalue weighted by atomic mass is 9.43. The predicted octanol–water partition coefficient (Wildman–Crippen LogP) is 9.71. The molecule has 4 rings (SSSR count). The second kappa shape index (κ2) is 19.6. The Morgan fingerprint density at radius 3 is 2.08 bits per heavy atom. The topological polar surface area (TPSA) is 78.9 Å². The summed E-state index contributed by atoms with van der Waals surface area (Å²) in [7, 11) is 4.02. The fourth-order valence-electron chi connectivity index (χ4n) is 11.7. The molecule has 0 aliphatic heterocycles. The molecular weight excluding hydrogens is 608 g/mol. The number of rotatable bonds is 21. The Hall–Kier alpha value is -1.14. The molecule has 4 aliphatic carbocycles. The van der Waals surface area contributed by atoms with Crippen LogP contribution in [0.25, 0.3) is 0 Å². The van der Waals surface area contributed by atoms with Crippen molar-refractivity contribution in [2.24, 2.45) is 46.3 Å². The third-order valence-electron chi connectivity index (χ3n) is 14.6. The van der Waals surface area contributed by atoms with Gasteiger partial charge in [-0.3, -0.25) is 9.59 Å². The number of nitrogens with one attached hydrogen (secondary N) is 1. The van der Waals surface area contributed by atoms with Crippen molar-refractivity contribution in [2.75, 3.05) is 27.2 Å². The molecule has 0 saturated heterocycles. The first-order valence-corrected chi connectivity index (χ1v) is 21.3. The summed E-state index contributed by atoms with van der Waals surface area (Å²) in [6, 6.07) is 0. The van der Waals surface area contributed by atoms with Gasteiger partial charge in [-0.1, -0.05) is 98.3 Å². The Morgan fingerprint density at radius 2 is 1.43 bits per heavy atom. The number of nitrogens with zero attached hydrogens (tertiary/aromatic N) is 1. The molecule has 0 aromatic carbocycles. The van der Waals surface area contributed by atoms with Crippen LogP contribution in [0.1, 0.15) is 175 Å². The fourth-order valence-corrected chi connectivity index (χ4v) is 11.7. The molecule has 4 fully saturated rings. The van der Waals surface area contributed by atoms with E-state index in [1.165, 1.54) is 96.3 Å². The molecule has 1 amide bonds. The van der Waals surface area contributed by atoms with Crippen molar-refractivity contribution in [3.8, 4) is 0 Å². The number of ether oxygens (including phenoxy) is 1. The van der Waals surface area contributed by atoms with Crippen LogP contribution in [-0.2, 0) is 14.3 Å². The predicted molar refractivity (Wildman–Crippen MR) is 202 cm³/mol. The largest absolute Gasteiger partial charge is 0.462 e. The van der Waals surface area contributed by atoms with Crippen LogP contribution in [-0.4, -0.2) is 61.3 Å². The molecule has 284 valence electrons. The summed E-state index contributed by atoms with van der Waals surface area (Å²) in [4.78, 5) is 28.1. The van der Waals surface area contributed by atoms with Gasteiger partial charge >= 0.3 is 5.97 Å². The summed E-state index contributed by atoms with van der Waals surface area (Å²) in [6.07, 6.45) is 26.5. The van der Waals surface area contributed by atoms with E-state index in [-0.39, 0.29) is 34.9 Å². The third kappa shape index (κ3) is 10.9. The van der Waals surface area contributed by atoms with E-state index in [1.807, 2.05) is 14.1 Å². The Bertz CT molecular complexity index is 1000. The number of hydrogen-bond acceptors (Lipinski definition) is 5. The van der Waals surface area contributed by atoms with Crippen molar-refractivity contribution >= 4 is 11.9 Å². The van der Waals surface area contributed by atoms with Crippen molar-refractivity contribution in [1.82, 2.24) is 10.2 Å². The Kier molecular flexibility index (Phi) is 16.3. The average Bonchev–Trinajstić information content (AvgIpc) is 3.42. The summed E-state index contributed by atoms with van der Waals surface area (Å²) in [5.41, 5.74) is 0.463. The molecule has 0 spiro atoms. The van der Waals surface area contributed by atoms with Crippen molar-refractivity contribution in [2.45, 2.75) is 188 Å². The summed E-state index contributed by atoms with van der Waals surface area (Å²) >= 11 is 0. The number of unbranched alkanes of at least 4 members (excludes halogenated alkanes) is 11. The summed E-state index contributed by atoms with van der Waals surface area (Å²) < 4.78 is 6.47. The van der Waals surface area contributed by atoms with Crippen molar-refractivity contribution in [1.29, 1.82) is 0 Å². The minimum atomic E-state index is -0.216. The lowest BCUT2D eigenvalue weighted by Crippen LogP contribution is -2.59. The van der Waals surface area contributed by atoms with E-state index < -0.39 is 0 Å². The maximum atomic E-state index is 13.2. The molecule has 4 saturated carbocycles. The molecule has 0 heterocycles. The normalized spacial score (nSPS) is 34.6. The monoisotopic (exact) mass is 687 g/mol. The molecule has 6 heteroatoms. The first-order chi connectivity index (χ1) is 23.5. The van der Waals surface area contributed by atoms with Crippen LogP contribution in [0.2, 0.25) is 0 Å². The Balaban J connectivity index is 1.23. The molecule has 4 aliphatic rings. The second-order valence-electron chi connectivity index (χ2n) is 18.2. The fraction of sp³-hybridized carbons (Fsp3) is 0.953. The van der Waals surface area contributed by atoms with Gasteiger partial charge in [0, 0.05) is 25.4 Å². The quantitative estimate of drug-likeness (QED) is 0.0929. The standard InChI is InChI=1S/C43H78N2O4/c1-7-8-9-10-11-12-13-14-15-16-17-18-28-44-39(47)22-19-32(2)35-20-21-36-41-37(24-27-43(35,36)4)42(3)26-23-34(46)30-33(42)31-38(41)49-40(48)25-29-45(5)6/h32-38,41,46H,7-31H2,1-6H3,(H,44,47)/t32-,33+,34-,35-,36+,37+,38+,41+,42+,43-/m1/s1. The second-order valence-corrected chi connectivity index (χ2v) is 18.2. The van der Waals surface area contributed by atoms with Crippen LogP contribution >= 0.6 is 0 Å². The molecule has 10 atom stereocenters. The highest BCUT2D eigenvalue weighted by Crippen LogP contribution is 2.68. The summed E-state index contributed by atoms with van der Waals surface area (Å²) in [5, 5.41) is 13.9. The van der Waals surface area contributed by atoms with Gasteiger partial charge in [0.15, 0.2) is 0 Å².